The van der Waals surface area contributed by atoms with Gasteiger partial charge in [0.15, 0.2) is 0 Å². The molecule has 0 bridgehead atoms. The average molecular weight is 283 g/mol. The van der Waals surface area contributed by atoms with Crippen molar-refractivity contribution in [1.29, 1.82) is 0 Å². The van der Waals surface area contributed by atoms with Crippen molar-refractivity contribution in [3.05, 3.63) is 54.6 Å². The van der Waals surface area contributed by atoms with E-state index < -0.39 is 0 Å². The summed E-state index contributed by atoms with van der Waals surface area (Å²) in [5, 5.41) is 0. The number of anilines is 2. The summed E-state index contributed by atoms with van der Waals surface area (Å²) in [6.45, 7) is 4.04. The standard InChI is InChI=1S/C17H17NOS/c1-17(2)12-20-15-11-7-6-10-14(15)18(16(17)19)13-8-4-3-5-9-13/h3-11H,12H2,1-2H3. The molecule has 2 aromatic rings. The van der Waals surface area contributed by atoms with Crippen LogP contribution in [-0.2, 0) is 4.79 Å². The second-order valence-corrected chi connectivity index (χ2v) is 6.63. The van der Waals surface area contributed by atoms with E-state index in [0.717, 1.165) is 22.0 Å². The van der Waals surface area contributed by atoms with Gasteiger partial charge in [-0.2, -0.15) is 0 Å². The van der Waals surface area contributed by atoms with Gasteiger partial charge in [0.25, 0.3) is 0 Å². The zero-order valence-corrected chi connectivity index (χ0v) is 12.5. The Bertz CT molecular complexity index is 636. The maximum absolute atomic E-state index is 12.9. The minimum Gasteiger partial charge on any atom is -0.279 e. The van der Waals surface area contributed by atoms with E-state index in [2.05, 4.69) is 6.07 Å². The molecule has 3 rings (SSSR count). The number of carbonyl (C=O) groups excluding carboxylic acids is 1. The van der Waals surface area contributed by atoms with Crippen LogP contribution in [0.1, 0.15) is 13.8 Å². The minimum absolute atomic E-state index is 0.154. The monoisotopic (exact) mass is 283 g/mol. The highest BCUT2D eigenvalue weighted by molar-refractivity contribution is 7.99. The molecule has 3 heteroatoms. The molecule has 0 radical (unpaired) electrons. The lowest BCUT2D eigenvalue weighted by atomic mass is 9.93. The number of thioether (sulfide) groups is 1. The summed E-state index contributed by atoms with van der Waals surface area (Å²) >= 11 is 1.76. The molecule has 1 aliphatic heterocycles. The first-order valence-corrected chi connectivity index (χ1v) is 7.69. The molecule has 2 aromatic carbocycles. The Hall–Kier alpha value is -1.74. The molecule has 0 saturated carbocycles. The highest BCUT2D eigenvalue weighted by atomic mass is 32.2. The largest absolute Gasteiger partial charge is 0.279 e. The second kappa shape index (κ2) is 4.98. The molecule has 1 amide bonds. The molecule has 0 aromatic heterocycles. The lowest BCUT2D eigenvalue weighted by Crippen LogP contribution is -2.38. The molecule has 20 heavy (non-hydrogen) atoms. The molecular weight excluding hydrogens is 266 g/mol. The van der Waals surface area contributed by atoms with Gasteiger partial charge >= 0.3 is 0 Å². The number of benzene rings is 2. The fourth-order valence-electron chi connectivity index (χ4n) is 2.33. The molecule has 102 valence electrons. The first-order chi connectivity index (χ1) is 9.59. The number of rotatable bonds is 1. The van der Waals surface area contributed by atoms with Crippen LogP contribution in [0, 0.1) is 5.41 Å². The fraction of sp³-hybridized carbons (Fsp3) is 0.235. The Kier molecular flexibility index (Phi) is 3.30. The molecule has 0 spiro atoms. The Morgan fingerprint density at radius 1 is 1.00 bits per heavy atom. The third-order valence-corrected chi connectivity index (χ3v) is 5.01. The van der Waals surface area contributed by atoms with Crippen molar-refractivity contribution in [2.45, 2.75) is 18.7 Å². The molecule has 0 unspecified atom stereocenters. The molecule has 0 fully saturated rings. The van der Waals surface area contributed by atoms with E-state index in [9.17, 15) is 4.79 Å². The SMILES string of the molecule is CC1(C)CSc2ccccc2N(c2ccccc2)C1=O. The normalized spacial score (nSPS) is 17.5. The van der Waals surface area contributed by atoms with Crippen LogP contribution in [0.25, 0.3) is 0 Å². The van der Waals surface area contributed by atoms with Crippen LogP contribution in [0.5, 0.6) is 0 Å². The van der Waals surface area contributed by atoms with Crippen LogP contribution in [0.2, 0.25) is 0 Å². The summed E-state index contributed by atoms with van der Waals surface area (Å²) in [5.74, 6) is 0.952. The Morgan fingerprint density at radius 2 is 1.65 bits per heavy atom. The lowest BCUT2D eigenvalue weighted by molar-refractivity contribution is -0.124. The van der Waals surface area contributed by atoms with E-state index in [0.29, 0.717) is 0 Å². The molecule has 0 atom stereocenters. The number of nitrogens with zero attached hydrogens (tertiary/aromatic N) is 1. The van der Waals surface area contributed by atoms with Crippen LogP contribution < -0.4 is 4.90 Å². The van der Waals surface area contributed by atoms with E-state index >= 15 is 0 Å². The Labute approximate surface area is 123 Å². The number of carbonyl (C=O) groups is 1. The van der Waals surface area contributed by atoms with Crippen molar-refractivity contribution in [3.63, 3.8) is 0 Å². The molecule has 0 aliphatic carbocycles. The van der Waals surface area contributed by atoms with Crippen LogP contribution in [0.4, 0.5) is 11.4 Å². The van der Waals surface area contributed by atoms with Gasteiger partial charge in [-0.05, 0) is 24.3 Å². The predicted octanol–water partition coefficient (Wildman–Crippen LogP) is 4.48. The molecule has 0 N–H and O–H groups in total. The maximum Gasteiger partial charge on any atom is 0.238 e. The van der Waals surface area contributed by atoms with E-state index in [1.54, 1.807) is 11.8 Å². The third kappa shape index (κ3) is 2.22. The van der Waals surface area contributed by atoms with E-state index in [1.807, 2.05) is 67.3 Å². The number of fused-ring (bicyclic) bond motifs is 1. The van der Waals surface area contributed by atoms with Crippen molar-refractivity contribution in [2.24, 2.45) is 5.41 Å². The molecule has 1 heterocycles. The average Bonchev–Trinajstić information content (AvgIpc) is 2.56. The van der Waals surface area contributed by atoms with Gasteiger partial charge < -0.3 is 0 Å². The van der Waals surface area contributed by atoms with Crippen molar-refractivity contribution in [2.75, 3.05) is 10.7 Å². The van der Waals surface area contributed by atoms with Crippen LogP contribution in [0.3, 0.4) is 0 Å². The van der Waals surface area contributed by atoms with Crippen LogP contribution >= 0.6 is 11.8 Å². The van der Waals surface area contributed by atoms with Crippen LogP contribution in [-0.4, -0.2) is 11.7 Å². The van der Waals surface area contributed by atoms with Crippen molar-refractivity contribution in [3.8, 4) is 0 Å². The topological polar surface area (TPSA) is 20.3 Å². The number of hydrogen-bond acceptors (Lipinski definition) is 2. The smallest absolute Gasteiger partial charge is 0.238 e. The molecular formula is C17H17NOS. The molecule has 2 nitrogen and oxygen atoms in total. The summed E-state index contributed by atoms with van der Waals surface area (Å²) in [5.41, 5.74) is 1.54. The summed E-state index contributed by atoms with van der Waals surface area (Å²) in [6.07, 6.45) is 0. The predicted molar refractivity (Wildman–Crippen MR) is 84.5 cm³/mol. The summed E-state index contributed by atoms with van der Waals surface area (Å²) < 4.78 is 0. The zero-order valence-electron chi connectivity index (χ0n) is 11.7. The van der Waals surface area contributed by atoms with Gasteiger partial charge in [0.05, 0.1) is 11.1 Å². The highest BCUT2D eigenvalue weighted by Crippen LogP contribution is 2.43. The van der Waals surface area contributed by atoms with Gasteiger partial charge in [0, 0.05) is 16.3 Å². The van der Waals surface area contributed by atoms with Crippen molar-refractivity contribution < 1.29 is 4.79 Å². The van der Waals surface area contributed by atoms with Crippen molar-refractivity contribution in [1.82, 2.24) is 0 Å². The van der Waals surface area contributed by atoms with Gasteiger partial charge in [-0.1, -0.05) is 44.2 Å². The van der Waals surface area contributed by atoms with Gasteiger partial charge in [0.1, 0.15) is 0 Å². The van der Waals surface area contributed by atoms with E-state index in [1.165, 1.54) is 0 Å². The second-order valence-electron chi connectivity index (χ2n) is 5.62. The summed E-state index contributed by atoms with van der Waals surface area (Å²) in [7, 11) is 0. The van der Waals surface area contributed by atoms with E-state index in [-0.39, 0.29) is 11.3 Å². The minimum atomic E-state index is -0.375. The van der Waals surface area contributed by atoms with Gasteiger partial charge in [0.2, 0.25) is 5.91 Å². The maximum atomic E-state index is 12.9. The number of para-hydroxylation sites is 2. The van der Waals surface area contributed by atoms with Gasteiger partial charge in [-0.3, -0.25) is 9.69 Å². The summed E-state index contributed by atoms with van der Waals surface area (Å²) in [6, 6.07) is 18.0. The number of amides is 1. The first kappa shape index (κ1) is 13.3. The number of hydrogen-bond donors (Lipinski definition) is 0. The van der Waals surface area contributed by atoms with Crippen LogP contribution in [0.15, 0.2) is 59.5 Å². The first-order valence-electron chi connectivity index (χ1n) is 6.71. The third-order valence-electron chi connectivity index (χ3n) is 3.49. The highest BCUT2D eigenvalue weighted by Gasteiger charge is 2.37. The summed E-state index contributed by atoms with van der Waals surface area (Å²) in [4.78, 5) is 16.0. The zero-order chi connectivity index (χ0) is 14.2. The lowest BCUT2D eigenvalue weighted by Gasteiger charge is -2.29. The quantitative estimate of drug-likeness (QED) is 0.769. The Balaban J connectivity index is 2.19. The Morgan fingerprint density at radius 3 is 2.40 bits per heavy atom. The van der Waals surface area contributed by atoms with Crippen molar-refractivity contribution >= 4 is 29.0 Å². The fourth-order valence-corrected chi connectivity index (χ4v) is 3.45. The van der Waals surface area contributed by atoms with E-state index in [4.69, 9.17) is 0 Å². The van der Waals surface area contributed by atoms with Gasteiger partial charge in [-0.15, -0.1) is 11.8 Å². The van der Waals surface area contributed by atoms with Gasteiger partial charge in [-0.25, -0.2) is 0 Å². The molecule has 1 aliphatic rings. The molecule has 0 saturated heterocycles.